The highest BCUT2D eigenvalue weighted by Crippen LogP contribution is 2.34. The van der Waals surface area contributed by atoms with Crippen LogP contribution < -0.4 is 0 Å². The SMILES string of the molecule is Fc1c(Cl)cccc1C(Cl)c1ccc2c(c1)COC2. The van der Waals surface area contributed by atoms with Gasteiger partial charge >= 0.3 is 0 Å². The molecule has 2 aromatic rings. The van der Waals surface area contributed by atoms with Gasteiger partial charge in [0.25, 0.3) is 0 Å². The Balaban J connectivity index is 2.00. The smallest absolute Gasteiger partial charge is 0.146 e. The van der Waals surface area contributed by atoms with Crippen molar-refractivity contribution < 1.29 is 9.13 Å². The summed E-state index contributed by atoms with van der Waals surface area (Å²) in [6.07, 6.45) is 0. The van der Waals surface area contributed by atoms with Gasteiger partial charge in [0.2, 0.25) is 0 Å². The molecule has 0 N–H and O–H groups in total. The molecule has 0 fully saturated rings. The van der Waals surface area contributed by atoms with E-state index in [4.69, 9.17) is 27.9 Å². The number of ether oxygens (including phenoxy) is 1. The van der Waals surface area contributed by atoms with Gasteiger partial charge in [0.1, 0.15) is 5.82 Å². The van der Waals surface area contributed by atoms with Crippen LogP contribution in [-0.4, -0.2) is 0 Å². The van der Waals surface area contributed by atoms with Crippen molar-refractivity contribution in [2.24, 2.45) is 0 Å². The summed E-state index contributed by atoms with van der Waals surface area (Å²) in [6.45, 7) is 1.22. The molecule has 0 amide bonds. The summed E-state index contributed by atoms with van der Waals surface area (Å²) in [6, 6.07) is 10.7. The zero-order valence-electron chi connectivity index (χ0n) is 10.00. The van der Waals surface area contributed by atoms with Gasteiger partial charge in [-0.2, -0.15) is 0 Å². The summed E-state index contributed by atoms with van der Waals surface area (Å²) in [7, 11) is 0. The second-order valence-electron chi connectivity index (χ2n) is 4.53. The quantitative estimate of drug-likeness (QED) is 0.721. The van der Waals surface area contributed by atoms with E-state index < -0.39 is 11.2 Å². The molecular formula is C15H11Cl2FO. The predicted molar refractivity (Wildman–Crippen MR) is 74.0 cm³/mol. The zero-order valence-corrected chi connectivity index (χ0v) is 11.5. The van der Waals surface area contributed by atoms with E-state index in [9.17, 15) is 4.39 Å². The molecule has 4 heteroatoms. The summed E-state index contributed by atoms with van der Waals surface area (Å²) in [5, 5.41) is -0.461. The van der Waals surface area contributed by atoms with Crippen molar-refractivity contribution in [1.29, 1.82) is 0 Å². The Kier molecular flexibility index (Phi) is 3.48. The first-order valence-electron chi connectivity index (χ1n) is 5.94. The van der Waals surface area contributed by atoms with Gasteiger partial charge in [0.05, 0.1) is 23.6 Å². The molecular weight excluding hydrogens is 286 g/mol. The molecule has 2 aromatic carbocycles. The summed E-state index contributed by atoms with van der Waals surface area (Å²) in [5.41, 5.74) is 3.53. The minimum atomic E-state index is -0.551. The van der Waals surface area contributed by atoms with E-state index in [0.29, 0.717) is 18.8 Å². The number of halogens is 3. The Labute approximate surface area is 120 Å². The van der Waals surface area contributed by atoms with Crippen LogP contribution in [0.4, 0.5) is 4.39 Å². The third-order valence-electron chi connectivity index (χ3n) is 3.29. The topological polar surface area (TPSA) is 9.23 Å². The van der Waals surface area contributed by atoms with Crippen LogP contribution >= 0.6 is 23.2 Å². The number of hydrogen-bond donors (Lipinski definition) is 0. The molecule has 0 saturated heterocycles. The Morgan fingerprint density at radius 2 is 1.89 bits per heavy atom. The summed E-state index contributed by atoms with van der Waals surface area (Å²) >= 11 is 12.2. The highest BCUT2D eigenvalue weighted by Gasteiger charge is 2.19. The molecule has 0 aromatic heterocycles. The van der Waals surface area contributed by atoms with Crippen molar-refractivity contribution in [3.8, 4) is 0 Å². The highest BCUT2D eigenvalue weighted by atomic mass is 35.5. The van der Waals surface area contributed by atoms with Crippen molar-refractivity contribution in [2.45, 2.75) is 18.6 Å². The standard InChI is InChI=1S/C15H11Cl2FO/c16-13-3-1-2-12(15(13)18)14(17)9-4-5-10-7-19-8-11(10)6-9/h1-6,14H,7-8H2. The normalized spacial score (nSPS) is 15.3. The molecule has 1 atom stereocenters. The molecule has 3 rings (SSSR count). The minimum Gasteiger partial charge on any atom is -0.372 e. The van der Waals surface area contributed by atoms with E-state index in [-0.39, 0.29) is 5.02 Å². The van der Waals surface area contributed by atoms with E-state index in [1.54, 1.807) is 12.1 Å². The molecule has 1 aliphatic heterocycles. The van der Waals surface area contributed by atoms with Gasteiger partial charge in [-0.3, -0.25) is 0 Å². The van der Waals surface area contributed by atoms with Gasteiger partial charge in [0, 0.05) is 5.56 Å². The van der Waals surface area contributed by atoms with Crippen LogP contribution in [0.5, 0.6) is 0 Å². The highest BCUT2D eigenvalue weighted by molar-refractivity contribution is 6.31. The largest absolute Gasteiger partial charge is 0.372 e. The van der Waals surface area contributed by atoms with E-state index in [1.807, 2.05) is 18.2 Å². The lowest BCUT2D eigenvalue weighted by atomic mass is 10.00. The van der Waals surface area contributed by atoms with Crippen LogP contribution in [0, 0.1) is 5.82 Å². The van der Waals surface area contributed by atoms with Crippen molar-refractivity contribution in [1.82, 2.24) is 0 Å². The van der Waals surface area contributed by atoms with E-state index >= 15 is 0 Å². The van der Waals surface area contributed by atoms with Crippen molar-refractivity contribution in [3.05, 3.63) is 69.5 Å². The van der Waals surface area contributed by atoms with Crippen LogP contribution in [-0.2, 0) is 18.0 Å². The molecule has 0 bridgehead atoms. The fourth-order valence-corrected chi connectivity index (χ4v) is 2.73. The first-order chi connectivity index (χ1) is 9.16. The van der Waals surface area contributed by atoms with Crippen LogP contribution in [0.15, 0.2) is 36.4 Å². The summed E-state index contributed by atoms with van der Waals surface area (Å²) in [4.78, 5) is 0. The summed E-state index contributed by atoms with van der Waals surface area (Å²) < 4.78 is 19.3. The maximum atomic E-state index is 14.0. The maximum absolute atomic E-state index is 14.0. The predicted octanol–water partition coefficient (Wildman–Crippen LogP) is 4.84. The third kappa shape index (κ3) is 2.36. The fraction of sp³-hybridized carbons (Fsp3) is 0.200. The lowest BCUT2D eigenvalue weighted by molar-refractivity contribution is 0.134. The first kappa shape index (κ1) is 12.9. The molecule has 1 aliphatic rings. The number of rotatable bonds is 2. The van der Waals surface area contributed by atoms with E-state index in [0.717, 1.165) is 11.1 Å². The third-order valence-corrected chi connectivity index (χ3v) is 4.07. The fourth-order valence-electron chi connectivity index (χ4n) is 2.25. The monoisotopic (exact) mass is 296 g/mol. The zero-order chi connectivity index (χ0) is 13.4. The molecule has 98 valence electrons. The van der Waals surface area contributed by atoms with E-state index in [1.165, 1.54) is 11.6 Å². The van der Waals surface area contributed by atoms with Crippen LogP contribution in [0.1, 0.15) is 27.6 Å². The first-order valence-corrected chi connectivity index (χ1v) is 6.75. The van der Waals surface area contributed by atoms with Crippen molar-refractivity contribution in [3.63, 3.8) is 0 Å². The molecule has 0 saturated carbocycles. The maximum Gasteiger partial charge on any atom is 0.146 e. The van der Waals surface area contributed by atoms with Crippen molar-refractivity contribution >= 4 is 23.2 Å². The number of alkyl halides is 1. The Hall–Kier alpha value is -1.09. The Morgan fingerprint density at radius 1 is 1.11 bits per heavy atom. The lowest BCUT2D eigenvalue weighted by Gasteiger charge is -2.13. The Morgan fingerprint density at radius 3 is 2.74 bits per heavy atom. The van der Waals surface area contributed by atoms with Crippen LogP contribution in [0.2, 0.25) is 5.02 Å². The van der Waals surface area contributed by atoms with Gasteiger partial charge in [-0.15, -0.1) is 11.6 Å². The van der Waals surface area contributed by atoms with Gasteiger partial charge in [-0.05, 0) is 22.8 Å². The molecule has 0 aliphatic carbocycles. The summed E-state index contributed by atoms with van der Waals surface area (Å²) in [5.74, 6) is -0.457. The van der Waals surface area contributed by atoms with Gasteiger partial charge < -0.3 is 4.74 Å². The lowest BCUT2D eigenvalue weighted by Crippen LogP contribution is -1.98. The second-order valence-corrected chi connectivity index (χ2v) is 5.37. The molecule has 1 heterocycles. The molecule has 0 spiro atoms. The molecule has 1 unspecified atom stereocenters. The average Bonchev–Trinajstić information content (AvgIpc) is 2.88. The van der Waals surface area contributed by atoms with Crippen LogP contribution in [0.25, 0.3) is 0 Å². The van der Waals surface area contributed by atoms with E-state index in [2.05, 4.69) is 0 Å². The number of hydrogen-bond acceptors (Lipinski definition) is 1. The van der Waals surface area contributed by atoms with Gasteiger partial charge in [-0.25, -0.2) is 4.39 Å². The van der Waals surface area contributed by atoms with Crippen molar-refractivity contribution in [2.75, 3.05) is 0 Å². The number of benzene rings is 2. The average molecular weight is 297 g/mol. The number of fused-ring (bicyclic) bond motifs is 1. The molecule has 19 heavy (non-hydrogen) atoms. The van der Waals surface area contributed by atoms with Gasteiger partial charge in [0.15, 0.2) is 0 Å². The second kappa shape index (κ2) is 5.12. The van der Waals surface area contributed by atoms with Gasteiger partial charge in [-0.1, -0.05) is 41.9 Å². The molecule has 0 radical (unpaired) electrons. The van der Waals surface area contributed by atoms with Crippen LogP contribution in [0.3, 0.4) is 0 Å². The molecule has 1 nitrogen and oxygen atoms in total. The minimum absolute atomic E-state index is 0.0904. The Bertz CT molecular complexity index is 628.